The van der Waals surface area contributed by atoms with Crippen molar-refractivity contribution in [2.24, 2.45) is 0 Å². The Balaban J connectivity index is 1.70. The van der Waals surface area contributed by atoms with E-state index in [4.69, 9.17) is 4.74 Å². The van der Waals surface area contributed by atoms with E-state index in [-0.39, 0.29) is 11.6 Å². The molecule has 1 heterocycles. The Morgan fingerprint density at radius 1 is 0.963 bits per heavy atom. The first-order valence-corrected chi connectivity index (χ1v) is 8.75. The highest BCUT2D eigenvalue weighted by Gasteiger charge is 2.10. The Bertz CT molecular complexity index is 939. The van der Waals surface area contributed by atoms with Gasteiger partial charge in [0.2, 0.25) is 0 Å². The van der Waals surface area contributed by atoms with E-state index in [9.17, 15) is 4.79 Å². The summed E-state index contributed by atoms with van der Waals surface area (Å²) in [6, 6.07) is 14.9. The lowest BCUT2D eigenvalue weighted by Crippen LogP contribution is -2.14. The molecule has 3 aromatic rings. The molecule has 0 unspecified atom stereocenters. The molecular formula is C21H22N4O2. The predicted molar refractivity (Wildman–Crippen MR) is 107 cm³/mol. The summed E-state index contributed by atoms with van der Waals surface area (Å²) in [6.07, 6.45) is 1.37. The van der Waals surface area contributed by atoms with Crippen molar-refractivity contribution in [3.63, 3.8) is 0 Å². The Kier molecular flexibility index (Phi) is 5.66. The van der Waals surface area contributed by atoms with Crippen LogP contribution in [0.25, 0.3) is 0 Å². The van der Waals surface area contributed by atoms with Crippen molar-refractivity contribution in [2.75, 3.05) is 17.2 Å². The first kappa shape index (κ1) is 18.4. The molecule has 0 saturated carbocycles. The van der Waals surface area contributed by atoms with Crippen molar-refractivity contribution >= 4 is 23.1 Å². The average Bonchev–Trinajstić information content (AvgIpc) is 2.67. The molecule has 2 aromatic carbocycles. The van der Waals surface area contributed by atoms with Crippen molar-refractivity contribution in [1.29, 1.82) is 0 Å². The number of carbonyl (C=O) groups excluding carboxylic acids is 1. The van der Waals surface area contributed by atoms with E-state index in [1.54, 1.807) is 6.07 Å². The molecule has 0 fully saturated rings. The van der Waals surface area contributed by atoms with Gasteiger partial charge in [-0.25, -0.2) is 9.97 Å². The highest BCUT2D eigenvalue weighted by Crippen LogP contribution is 2.20. The molecule has 0 aliphatic rings. The van der Waals surface area contributed by atoms with E-state index in [1.807, 2.05) is 63.2 Å². The molecule has 3 rings (SSSR count). The molecule has 138 valence electrons. The van der Waals surface area contributed by atoms with Crippen molar-refractivity contribution in [2.45, 2.75) is 20.8 Å². The van der Waals surface area contributed by atoms with Crippen LogP contribution in [0, 0.1) is 13.8 Å². The van der Waals surface area contributed by atoms with Gasteiger partial charge in [-0.15, -0.1) is 0 Å². The number of amides is 1. The number of nitrogens with zero attached hydrogens (tertiary/aromatic N) is 2. The van der Waals surface area contributed by atoms with E-state index < -0.39 is 0 Å². The average molecular weight is 362 g/mol. The predicted octanol–water partition coefficient (Wildman–Crippen LogP) is 4.49. The molecule has 6 heteroatoms. The molecule has 0 aliphatic heterocycles. The summed E-state index contributed by atoms with van der Waals surface area (Å²) in [5, 5.41) is 6.03. The second-order valence-electron chi connectivity index (χ2n) is 6.12. The maximum atomic E-state index is 12.5. The summed E-state index contributed by atoms with van der Waals surface area (Å²) in [5.74, 6) is 1.06. The molecule has 0 spiro atoms. The summed E-state index contributed by atoms with van der Waals surface area (Å²) < 4.78 is 5.43. The number of rotatable bonds is 6. The molecule has 0 aliphatic carbocycles. The highest BCUT2D eigenvalue weighted by atomic mass is 16.5. The number of hydrogen-bond acceptors (Lipinski definition) is 5. The van der Waals surface area contributed by atoms with Gasteiger partial charge in [0.25, 0.3) is 5.91 Å². The molecule has 2 N–H and O–H groups in total. The minimum absolute atomic E-state index is 0.282. The first-order valence-electron chi connectivity index (χ1n) is 8.75. The smallest absolute Gasteiger partial charge is 0.274 e. The number of aryl methyl sites for hydroxylation is 2. The maximum Gasteiger partial charge on any atom is 0.274 e. The van der Waals surface area contributed by atoms with Crippen molar-refractivity contribution < 1.29 is 9.53 Å². The number of nitrogens with one attached hydrogen (secondary N) is 2. The standard InChI is InChI=1S/C21H22N4O2/c1-4-27-18-9-7-16(8-10-18)24-20-12-19(22-13-23-20)21(26)25-17-6-5-14(2)15(3)11-17/h5-13H,4H2,1-3H3,(H,25,26)(H,22,23,24). The molecule has 0 saturated heterocycles. The fourth-order valence-corrected chi connectivity index (χ4v) is 2.51. The largest absolute Gasteiger partial charge is 0.494 e. The van der Waals surface area contributed by atoms with E-state index >= 15 is 0 Å². The molecule has 0 atom stereocenters. The van der Waals surface area contributed by atoms with Crippen LogP contribution in [0.3, 0.4) is 0 Å². The SMILES string of the molecule is CCOc1ccc(Nc2cc(C(=O)Nc3ccc(C)c(C)c3)ncn2)cc1. The normalized spacial score (nSPS) is 10.3. The van der Waals surface area contributed by atoms with Crippen LogP contribution in [0.1, 0.15) is 28.5 Å². The topological polar surface area (TPSA) is 76.1 Å². The van der Waals surface area contributed by atoms with Gasteiger partial charge >= 0.3 is 0 Å². The van der Waals surface area contributed by atoms with Crippen LogP contribution in [-0.2, 0) is 0 Å². The zero-order chi connectivity index (χ0) is 19.2. The quantitative estimate of drug-likeness (QED) is 0.676. The second kappa shape index (κ2) is 8.31. The molecule has 6 nitrogen and oxygen atoms in total. The summed E-state index contributed by atoms with van der Waals surface area (Å²) in [5.41, 5.74) is 4.17. The number of carbonyl (C=O) groups is 1. The fourth-order valence-electron chi connectivity index (χ4n) is 2.51. The highest BCUT2D eigenvalue weighted by molar-refractivity contribution is 6.03. The Labute approximate surface area is 158 Å². The molecule has 0 bridgehead atoms. The summed E-state index contributed by atoms with van der Waals surface area (Å²) in [7, 11) is 0. The zero-order valence-electron chi connectivity index (χ0n) is 15.6. The number of benzene rings is 2. The zero-order valence-corrected chi connectivity index (χ0v) is 15.6. The third-order valence-electron chi connectivity index (χ3n) is 4.10. The number of anilines is 3. The van der Waals surface area contributed by atoms with Gasteiger partial charge in [0.15, 0.2) is 0 Å². The third-order valence-corrected chi connectivity index (χ3v) is 4.10. The van der Waals surface area contributed by atoms with Crippen LogP contribution < -0.4 is 15.4 Å². The van der Waals surface area contributed by atoms with Gasteiger partial charge in [-0.1, -0.05) is 6.07 Å². The van der Waals surface area contributed by atoms with Crippen molar-refractivity contribution in [1.82, 2.24) is 9.97 Å². The van der Waals surface area contributed by atoms with Crippen LogP contribution in [0.2, 0.25) is 0 Å². The van der Waals surface area contributed by atoms with Gasteiger partial charge in [0, 0.05) is 17.4 Å². The second-order valence-corrected chi connectivity index (χ2v) is 6.12. The lowest BCUT2D eigenvalue weighted by Gasteiger charge is -2.09. The number of aromatic nitrogens is 2. The van der Waals surface area contributed by atoms with Gasteiger partial charge in [-0.2, -0.15) is 0 Å². The van der Waals surface area contributed by atoms with Crippen LogP contribution >= 0.6 is 0 Å². The summed E-state index contributed by atoms with van der Waals surface area (Å²) >= 11 is 0. The monoisotopic (exact) mass is 362 g/mol. The van der Waals surface area contributed by atoms with Gasteiger partial charge in [-0.05, 0) is 68.3 Å². The van der Waals surface area contributed by atoms with Crippen molar-refractivity contribution in [3.05, 3.63) is 71.7 Å². The summed E-state index contributed by atoms with van der Waals surface area (Å²) in [4.78, 5) is 20.7. The molecular weight excluding hydrogens is 340 g/mol. The van der Waals surface area contributed by atoms with Gasteiger partial charge in [0.1, 0.15) is 23.6 Å². The van der Waals surface area contributed by atoms with Crippen molar-refractivity contribution in [3.8, 4) is 5.75 Å². The van der Waals surface area contributed by atoms with E-state index in [1.165, 1.54) is 11.9 Å². The Morgan fingerprint density at radius 2 is 1.70 bits per heavy atom. The fraction of sp³-hybridized carbons (Fsp3) is 0.190. The Morgan fingerprint density at radius 3 is 2.41 bits per heavy atom. The van der Waals surface area contributed by atoms with Gasteiger partial charge in [0.05, 0.1) is 6.61 Å². The Hall–Kier alpha value is -3.41. The lowest BCUT2D eigenvalue weighted by atomic mass is 10.1. The number of ether oxygens (including phenoxy) is 1. The van der Waals surface area contributed by atoms with Crippen LogP contribution in [0.5, 0.6) is 5.75 Å². The molecule has 1 aromatic heterocycles. The molecule has 1 amide bonds. The molecule has 0 radical (unpaired) electrons. The van der Waals surface area contributed by atoms with Crippen LogP contribution in [-0.4, -0.2) is 22.5 Å². The third kappa shape index (κ3) is 4.82. The van der Waals surface area contributed by atoms with E-state index in [0.717, 1.165) is 22.7 Å². The van der Waals surface area contributed by atoms with Gasteiger partial charge in [-0.3, -0.25) is 4.79 Å². The molecule has 27 heavy (non-hydrogen) atoms. The minimum Gasteiger partial charge on any atom is -0.494 e. The minimum atomic E-state index is -0.282. The lowest BCUT2D eigenvalue weighted by molar-refractivity contribution is 0.102. The van der Waals surface area contributed by atoms with Gasteiger partial charge < -0.3 is 15.4 Å². The summed E-state index contributed by atoms with van der Waals surface area (Å²) in [6.45, 7) is 6.61. The first-order chi connectivity index (χ1) is 13.0. The van der Waals surface area contributed by atoms with E-state index in [0.29, 0.717) is 12.4 Å². The van der Waals surface area contributed by atoms with E-state index in [2.05, 4.69) is 20.6 Å². The maximum absolute atomic E-state index is 12.5. The van der Waals surface area contributed by atoms with Crippen LogP contribution in [0.15, 0.2) is 54.9 Å². The van der Waals surface area contributed by atoms with Crippen LogP contribution in [0.4, 0.5) is 17.2 Å². The number of hydrogen-bond donors (Lipinski definition) is 2.